The van der Waals surface area contributed by atoms with Crippen LogP contribution in [0.2, 0.25) is 0 Å². The molecule has 0 aliphatic heterocycles. The van der Waals surface area contributed by atoms with E-state index in [1.54, 1.807) is 14.0 Å². The highest BCUT2D eigenvalue weighted by Gasteiger charge is 2.36. The Morgan fingerprint density at radius 2 is 2.20 bits per heavy atom. The average Bonchev–Trinajstić information content (AvgIpc) is 2.27. The third-order valence-electron chi connectivity index (χ3n) is 3.93. The zero-order valence-corrected chi connectivity index (χ0v) is 9.66. The Hall–Kier alpha value is -0.630. The van der Waals surface area contributed by atoms with Crippen LogP contribution in [-0.4, -0.2) is 19.0 Å². The number of hydrogen-bond acceptors (Lipinski definition) is 2. The van der Waals surface area contributed by atoms with Crippen LogP contribution in [0, 0.1) is 11.8 Å². The van der Waals surface area contributed by atoms with Gasteiger partial charge in [-0.1, -0.05) is 6.08 Å². The van der Waals surface area contributed by atoms with Crippen molar-refractivity contribution < 1.29 is 9.53 Å². The van der Waals surface area contributed by atoms with E-state index in [9.17, 15) is 4.79 Å². The number of Topliss-reactive ketones (excluding diaryl/α,β-unsaturated/α-hetero) is 1. The first-order valence-corrected chi connectivity index (χ1v) is 5.97. The van der Waals surface area contributed by atoms with Gasteiger partial charge in [-0.2, -0.15) is 0 Å². The second kappa shape index (κ2) is 4.48. The van der Waals surface area contributed by atoms with Crippen LogP contribution < -0.4 is 0 Å². The van der Waals surface area contributed by atoms with Crippen molar-refractivity contribution in [3.05, 3.63) is 11.6 Å². The molecule has 0 amide bonds. The van der Waals surface area contributed by atoms with Crippen molar-refractivity contribution in [2.45, 2.75) is 45.1 Å². The molecule has 2 rings (SSSR count). The van der Waals surface area contributed by atoms with E-state index >= 15 is 0 Å². The van der Waals surface area contributed by atoms with Gasteiger partial charge in [-0.05, 0) is 50.5 Å². The third-order valence-corrected chi connectivity index (χ3v) is 3.93. The van der Waals surface area contributed by atoms with Crippen LogP contribution in [0.15, 0.2) is 11.6 Å². The topological polar surface area (TPSA) is 26.3 Å². The first kappa shape index (κ1) is 10.9. The van der Waals surface area contributed by atoms with Gasteiger partial charge in [0.05, 0.1) is 6.10 Å². The maximum Gasteiger partial charge on any atom is 0.133 e. The minimum atomic E-state index is 0.267. The normalized spacial score (nSPS) is 35.6. The fourth-order valence-electron chi connectivity index (χ4n) is 3.18. The lowest BCUT2D eigenvalue weighted by atomic mass is 9.69. The van der Waals surface area contributed by atoms with Crippen LogP contribution in [-0.2, 0) is 9.53 Å². The molecule has 0 heterocycles. The lowest BCUT2D eigenvalue weighted by molar-refractivity contribution is -0.122. The van der Waals surface area contributed by atoms with Gasteiger partial charge in [-0.15, -0.1) is 0 Å². The minimum absolute atomic E-state index is 0.267. The molecular formula is C13H20O2. The molecule has 1 fully saturated rings. The second-order valence-electron chi connectivity index (χ2n) is 4.76. The lowest BCUT2D eigenvalue weighted by Crippen LogP contribution is -2.35. The summed E-state index contributed by atoms with van der Waals surface area (Å²) in [5, 5.41) is 0. The van der Waals surface area contributed by atoms with E-state index in [2.05, 4.69) is 6.08 Å². The lowest BCUT2D eigenvalue weighted by Gasteiger charge is -2.38. The molecule has 2 heteroatoms. The molecular weight excluding hydrogens is 188 g/mol. The van der Waals surface area contributed by atoms with E-state index in [1.165, 1.54) is 18.4 Å². The van der Waals surface area contributed by atoms with Crippen LogP contribution in [0.3, 0.4) is 0 Å². The molecule has 0 aromatic rings. The smallest absolute Gasteiger partial charge is 0.133 e. The summed E-state index contributed by atoms with van der Waals surface area (Å²) in [6.45, 7) is 1.74. The van der Waals surface area contributed by atoms with Crippen LogP contribution in [0.5, 0.6) is 0 Å². The minimum Gasteiger partial charge on any atom is -0.377 e. The van der Waals surface area contributed by atoms with Crippen LogP contribution in [0.4, 0.5) is 0 Å². The van der Waals surface area contributed by atoms with Crippen LogP contribution in [0.25, 0.3) is 0 Å². The second-order valence-corrected chi connectivity index (χ2v) is 4.76. The molecule has 84 valence electrons. The molecule has 15 heavy (non-hydrogen) atoms. The Labute approximate surface area is 91.7 Å². The molecule has 2 aliphatic carbocycles. The van der Waals surface area contributed by atoms with Gasteiger partial charge in [0.2, 0.25) is 0 Å². The van der Waals surface area contributed by atoms with Gasteiger partial charge in [-0.25, -0.2) is 0 Å². The molecule has 0 saturated heterocycles. The number of carbonyl (C=O) groups is 1. The van der Waals surface area contributed by atoms with Crippen molar-refractivity contribution in [1.29, 1.82) is 0 Å². The first-order valence-electron chi connectivity index (χ1n) is 5.97. The van der Waals surface area contributed by atoms with E-state index in [0.29, 0.717) is 11.7 Å². The Morgan fingerprint density at radius 1 is 1.40 bits per heavy atom. The van der Waals surface area contributed by atoms with Crippen molar-refractivity contribution in [2.24, 2.45) is 11.8 Å². The largest absolute Gasteiger partial charge is 0.377 e. The monoisotopic (exact) mass is 208 g/mol. The van der Waals surface area contributed by atoms with Crippen molar-refractivity contribution in [2.75, 3.05) is 7.11 Å². The molecule has 0 aromatic heterocycles. The molecule has 3 atom stereocenters. The van der Waals surface area contributed by atoms with Crippen LogP contribution >= 0.6 is 0 Å². The quantitative estimate of drug-likeness (QED) is 0.652. The fraction of sp³-hybridized carbons (Fsp3) is 0.769. The van der Waals surface area contributed by atoms with Gasteiger partial charge >= 0.3 is 0 Å². The van der Waals surface area contributed by atoms with Crippen LogP contribution in [0.1, 0.15) is 39.0 Å². The zero-order chi connectivity index (χ0) is 10.8. The molecule has 0 bridgehead atoms. The first-order chi connectivity index (χ1) is 7.24. The summed E-state index contributed by atoms with van der Waals surface area (Å²) >= 11 is 0. The zero-order valence-electron chi connectivity index (χ0n) is 9.66. The number of carbonyl (C=O) groups excluding carboxylic acids is 1. The fourth-order valence-corrected chi connectivity index (χ4v) is 3.18. The van der Waals surface area contributed by atoms with Gasteiger partial charge in [0.15, 0.2) is 0 Å². The molecule has 2 aliphatic rings. The summed E-state index contributed by atoms with van der Waals surface area (Å²) in [6.07, 6.45) is 8.20. The van der Waals surface area contributed by atoms with Crippen molar-refractivity contribution in [3.63, 3.8) is 0 Å². The molecule has 2 nitrogen and oxygen atoms in total. The summed E-state index contributed by atoms with van der Waals surface area (Å²) in [4.78, 5) is 11.6. The van der Waals surface area contributed by atoms with Crippen molar-refractivity contribution >= 4 is 5.78 Å². The number of allylic oxidation sites excluding steroid dienone is 1. The number of ether oxygens (including phenoxy) is 1. The van der Waals surface area contributed by atoms with Crippen molar-refractivity contribution in [1.82, 2.24) is 0 Å². The molecule has 0 radical (unpaired) electrons. The Morgan fingerprint density at radius 3 is 2.87 bits per heavy atom. The Kier molecular flexibility index (Phi) is 3.25. The standard InChI is InChI=1S/C13H20O2/c1-9(14)10-5-3-7-12-11(10)6-4-8-13(12)15-2/h7,10-11,13H,3-6,8H2,1-2H3/t10-,11+,13+/m1/s1. The van der Waals surface area contributed by atoms with E-state index in [4.69, 9.17) is 4.74 Å². The van der Waals surface area contributed by atoms with Crippen molar-refractivity contribution in [3.8, 4) is 0 Å². The van der Waals surface area contributed by atoms with Gasteiger partial charge < -0.3 is 4.74 Å². The third kappa shape index (κ3) is 2.00. The van der Waals surface area contributed by atoms with Gasteiger partial charge in [0, 0.05) is 13.0 Å². The molecule has 0 N–H and O–H groups in total. The molecule has 1 saturated carbocycles. The Bertz CT molecular complexity index is 280. The Balaban J connectivity index is 2.20. The number of fused-ring (bicyclic) bond motifs is 1. The maximum atomic E-state index is 11.6. The predicted octanol–water partition coefficient (Wildman–Crippen LogP) is 2.73. The molecule has 0 spiro atoms. The summed E-state index contributed by atoms with van der Waals surface area (Å²) in [7, 11) is 1.78. The van der Waals surface area contributed by atoms with Gasteiger partial charge in [-0.3, -0.25) is 4.79 Å². The van der Waals surface area contributed by atoms with E-state index in [-0.39, 0.29) is 12.0 Å². The predicted molar refractivity (Wildman–Crippen MR) is 59.6 cm³/mol. The van der Waals surface area contributed by atoms with Gasteiger partial charge in [0.25, 0.3) is 0 Å². The maximum absolute atomic E-state index is 11.6. The summed E-state index contributed by atoms with van der Waals surface area (Å²) in [5.41, 5.74) is 1.41. The highest BCUT2D eigenvalue weighted by Crippen LogP contribution is 2.41. The van der Waals surface area contributed by atoms with E-state index in [1.807, 2.05) is 0 Å². The number of ketones is 1. The van der Waals surface area contributed by atoms with E-state index < -0.39 is 0 Å². The highest BCUT2D eigenvalue weighted by atomic mass is 16.5. The number of rotatable bonds is 2. The van der Waals surface area contributed by atoms with Gasteiger partial charge in [0.1, 0.15) is 5.78 Å². The number of methoxy groups -OCH3 is 1. The SMILES string of the molecule is CO[C@H]1CCC[C@@H]2C1=CCC[C@@H]2C(C)=O. The molecule has 0 unspecified atom stereocenters. The summed E-state index contributed by atoms with van der Waals surface area (Å²) in [5.74, 6) is 1.11. The molecule has 0 aromatic carbocycles. The summed E-state index contributed by atoms with van der Waals surface area (Å²) < 4.78 is 5.51. The number of hydrogen-bond donors (Lipinski definition) is 0. The highest BCUT2D eigenvalue weighted by molar-refractivity contribution is 5.79. The average molecular weight is 208 g/mol. The summed E-state index contributed by atoms with van der Waals surface area (Å²) in [6, 6.07) is 0. The van der Waals surface area contributed by atoms with E-state index in [0.717, 1.165) is 19.3 Å².